The molecule has 1 unspecified atom stereocenters. The molecular weight excluding hydrogens is 184 g/mol. The SMILES string of the molecule is CC(CCCS)O[SiH]1C=CC=C1. The Morgan fingerprint density at radius 2 is 2.08 bits per heavy atom. The van der Waals surface area contributed by atoms with Crippen molar-refractivity contribution in [3.8, 4) is 0 Å². The first-order valence-electron chi connectivity index (χ1n) is 4.44. The van der Waals surface area contributed by atoms with Crippen molar-refractivity contribution < 1.29 is 4.43 Å². The molecule has 1 aliphatic heterocycles. The first-order chi connectivity index (χ1) is 5.83. The van der Waals surface area contributed by atoms with Crippen LogP contribution in [0.15, 0.2) is 23.6 Å². The first-order valence-corrected chi connectivity index (χ1v) is 6.88. The summed E-state index contributed by atoms with van der Waals surface area (Å²) in [6.45, 7) is 2.15. The third-order valence-electron chi connectivity index (χ3n) is 1.87. The Balaban J connectivity index is 2.12. The Hall–Kier alpha value is 0.00688. The zero-order chi connectivity index (χ0) is 8.81. The van der Waals surface area contributed by atoms with Gasteiger partial charge >= 0.3 is 0 Å². The molecule has 0 spiro atoms. The van der Waals surface area contributed by atoms with Crippen molar-refractivity contribution in [1.82, 2.24) is 0 Å². The van der Waals surface area contributed by atoms with Gasteiger partial charge in [-0.1, -0.05) is 23.6 Å². The largest absolute Gasteiger partial charge is 0.409 e. The molecule has 0 N–H and O–H groups in total. The molecule has 1 rings (SSSR count). The highest BCUT2D eigenvalue weighted by atomic mass is 32.1. The molecule has 12 heavy (non-hydrogen) atoms. The molecule has 0 aromatic heterocycles. The van der Waals surface area contributed by atoms with Crippen molar-refractivity contribution in [2.24, 2.45) is 0 Å². The van der Waals surface area contributed by atoms with Crippen molar-refractivity contribution in [2.45, 2.75) is 25.9 Å². The number of hydrogen-bond donors (Lipinski definition) is 1. The third-order valence-corrected chi connectivity index (χ3v) is 4.17. The molecule has 3 heteroatoms. The minimum atomic E-state index is -1.07. The van der Waals surface area contributed by atoms with Gasteiger partial charge in [0.05, 0.1) is 0 Å². The zero-order valence-electron chi connectivity index (χ0n) is 7.44. The monoisotopic (exact) mass is 200 g/mol. The summed E-state index contributed by atoms with van der Waals surface area (Å²) < 4.78 is 5.84. The number of allylic oxidation sites excluding steroid dienone is 2. The van der Waals surface area contributed by atoms with E-state index in [0.29, 0.717) is 6.10 Å². The predicted octanol–water partition coefficient (Wildman–Crippen LogP) is 2.03. The van der Waals surface area contributed by atoms with Crippen LogP contribution in [-0.2, 0) is 4.43 Å². The molecule has 0 aromatic rings. The first kappa shape index (κ1) is 10.1. The highest BCUT2D eigenvalue weighted by molar-refractivity contribution is 7.80. The fourth-order valence-corrected chi connectivity index (χ4v) is 3.08. The standard InChI is InChI=1S/C9H16OSSi/c1-9(5-4-6-11)10-12-7-2-3-8-12/h2-3,7-9,11-12H,4-6H2,1H3. The Labute approximate surface area is 81.6 Å². The van der Waals surface area contributed by atoms with Gasteiger partial charge in [0.2, 0.25) is 9.04 Å². The molecule has 0 fully saturated rings. The summed E-state index contributed by atoms with van der Waals surface area (Å²) in [5.74, 6) is 0.964. The lowest BCUT2D eigenvalue weighted by Gasteiger charge is -2.14. The summed E-state index contributed by atoms with van der Waals surface area (Å²) in [5, 5.41) is 0. The molecule has 0 aromatic carbocycles. The molecule has 0 bridgehead atoms. The van der Waals surface area contributed by atoms with E-state index >= 15 is 0 Å². The Bertz CT molecular complexity index is 167. The Morgan fingerprint density at radius 1 is 1.42 bits per heavy atom. The van der Waals surface area contributed by atoms with Gasteiger partial charge in [0, 0.05) is 6.10 Å². The maximum atomic E-state index is 5.84. The van der Waals surface area contributed by atoms with Gasteiger partial charge < -0.3 is 4.43 Å². The summed E-state index contributed by atoms with van der Waals surface area (Å²) in [6, 6.07) is 0. The van der Waals surface area contributed by atoms with Crippen LogP contribution in [0.4, 0.5) is 0 Å². The predicted molar refractivity (Wildman–Crippen MR) is 59.1 cm³/mol. The maximum absolute atomic E-state index is 5.84. The summed E-state index contributed by atoms with van der Waals surface area (Å²) in [4.78, 5) is 0. The van der Waals surface area contributed by atoms with Crippen LogP contribution in [-0.4, -0.2) is 20.9 Å². The second-order valence-corrected chi connectivity index (χ2v) is 5.47. The summed E-state index contributed by atoms with van der Waals surface area (Å²) in [6.07, 6.45) is 6.86. The second kappa shape index (κ2) is 5.62. The van der Waals surface area contributed by atoms with Crippen LogP contribution >= 0.6 is 12.6 Å². The van der Waals surface area contributed by atoms with E-state index in [2.05, 4.69) is 43.1 Å². The topological polar surface area (TPSA) is 9.23 Å². The van der Waals surface area contributed by atoms with Crippen LogP contribution < -0.4 is 0 Å². The molecule has 0 saturated carbocycles. The lowest BCUT2D eigenvalue weighted by molar-refractivity contribution is 0.218. The van der Waals surface area contributed by atoms with Crippen LogP contribution in [0.5, 0.6) is 0 Å². The van der Waals surface area contributed by atoms with Crippen LogP contribution in [0.1, 0.15) is 19.8 Å². The van der Waals surface area contributed by atoms with Crippen molar-refractivity contribution >= 4 is 21.7 Å². The Kier molecular flexibility index (Phi) is 4.72. The van der Waals surface area contributed by atoms with E-state index in [-0.39, 0.29) is 0 Å². The Morgan fingerprint density at radius 3 is 2.67 bits per heavy atom. The van der Waals surface area contributed by atoms with Gasteiger partial charge in [-0.25, -0.2) is 0 Å². The van der Waals surface area contributed by atoms with Crippen molar-refractivity contribution in [3.63, 3.8) is 0 Å². The summed E-state index contributed by atoms with van der Waals surface area (Å²) in [5.41, 5.74) is 4.41. The van der Waals surface area contributed by atoms with Gasteiger partial charge in [0.15, 0.2) is 0 Å². The van der Waals surface area contributed by atoms with Gasteiger partial charge in [-0.2, -0.15) is 12.6 Å². The molecule has 0 radical (unpaired) electrons. The van der Waals surface area contributed by atoms with Crippen LogP contribution in [0.2, 0.25) is 0 Å². The van der Waals surface area contributed by atoms with E-state index in [1.54, 1.807) is 0 Å². The maximum Gasteiger partial charge on any atom is 0.226 e. The molecule has 68 valence electrons. The molecule has 0 aliphatic carbocycles. The molecule has 1 aliphatic rings. The molecular formula is C9H16OSSi. The second-order valence-electron chi connectivity index (χ2n) is 3.05. The number of rotatable bonds is 5. The van der Waals surface area contributed by atoms with E-state index in [1.807, 2.05) is 0 Å². The zero-order valence-corrected chi connectivity index (χ0v) is 9.49. The van der Waals surface area contributed by atoms with Crippen molar-refractivity contribution in [2.75, 3.05) is 5.75 Å². The van der Waals surface area contributed by atoms with Crippen LogP contribution in [0, 0.1) is 0 Å². The highest BCUT2D eigenvalue weighted by Crippen LogP contribution is 2.08. The molecule has 1 atom stereocenters. The fourth-order valence-electron chi connectivity index (χ4n) is 1.22. The highest BCUT2D eigenvalue weighted by Gasteiger charge is 2.10. The van der Waals surface area contributed by atoms with Crippen LogP contribution in [0.3, 0.4) is 0 Å². The quantitative estimate of drug-likeness (QED) is 0.528. The average Bonchev–Trinajstić information content (AvgIpc) is 2.53. The lowest BCUT2D eigenvalue weighted by atomic mass is 10.2. The van der Waals surface area contributed by atoms with E-state index in [0.717, 1.165) is 18.6 Å². The van der Waals surface area contributed by atoms with Gasteiger partial charge in [0.1, 0.15) is 0 Å². The normalized spacial score (nSPS) is 18.8. The van der Waals surface area contributed by atoms with E-state index in [1.165, 1.54) is 0 Å². The molecule has 0 amide bonds. The summed E-state index contributed by atoms with van der Waals surface area (Å²) >= 11 is 4.17. The number of thiol groups is 1. The summed E-state index contributed by atoms with van der Waals surface area (Å²) in [7, 11) is -1.07. The number of hydrogen-bond acceptors (Lipinski definition) is 2. The molecule has 1 nitrogen and oxygen atoms in total. The molecule has 1 heterocycles. The van der Waals surface area contributed by atoms with Crippen molar-refractivity contribution in [3.05, 3.63) is 23.6 Å². The fraction of sp³-hybridized carbons (Fsp3) is 0.556. The minimum absolute atomic E-state index is 0.404. The van der Waals surface area contributed by atoms with Crippen LogP contribution in [0.25, 0.3) is 0 Å². The van der Waals surface area contributed by atoms with Gasteiger partial charge in [-0.3, -0.25) is 0 Å². The lowest BCUT2D eigenvalue weighted by Crippen LogP contribution is -2.19. The minimum Gasteiger partial charge on any atom is -0.409 e. The van der Waals surface area contributed by atoms with E-state index < -0.39 is 9.04 Å². The molecule has 0 saturated heterocycles. The van der Waals surface area contributed by atoms with Gasteiger partial charge in [0.25, 0.3) is 0 Å². The van der Waals surface area contributed by atoms with E-state index in [9.17, 15) is 0 Å². The smallest absolute Gasteiger partial charge is 0.226 e. The van der Waals surface area contributed by atoms with Gasteiger partial charge in [-0.15, -0.1) is 0 Å². The average molecular weight is 200 g/mol. The van der Waals surface area contributed by atoms with Crippen molar-refractivity contribution in [1.29, 1.82) is 0 Å². The van der Waals surface area contributed by atoms with E-state index in [4.69, 9.17) is 4.43 Å². The third kappa shape index (κ3) is 3.60. The van der Waals surface area contributed by atoms with Gasteiger partial charge in [-0.05, 0) is 25.5 Å².